The maximum atomic E-state index is 4.26. The SMILES string of the molecule is Cc1cnc(CC(C)C)cn1. The number of rotatable bonds is 2. The molecule has 0 fully saturated rings. The third-order valence-corrected chi connectivity index (χ3v) is 1.45. The van der Waals surface area contributed by atoms with Gasteiger partial charge in [-0.15, -0.1) is 0 Å². The minimum atomic E-state index is 0.659. The van der Waals surface area contributed by atoms with Crippen LogP contribution >= 0.6 is 0 Å². The summed E-state index contributed by atoms with van der Waals surface area (Å²) in [5, 5.41) is 0. The van der Waals surface area contributed by atoms with Crippen molar-refractivity contribution < 1.29 is 0 Å². The van der Waals surface area contributed by atoms with Gasteiger partial charge in [-0.05, 0) is 19.3 Å². The lowest BCUT2D eigenvalue weighted by Crippen LogP contribution is -1.98. The zero-order valence-corrected chi connectivity index (χ0v) is 7.33. The van der Waals surface area contributed by atoms with Crippen LogP contribution in [0.1, 0.15) is 25.2 Å². The van der Waals surface area contributed by atoms with E-state index >= 15 is 0 Å². The summed E-state index contributed by atoms with van der Waals surface area (Å²) in [6.45, 7) is 6.31. The van der Waals surface area contributed by atoms with E-state index in [0.717, 1.165) is 17.8 Å². The van der Waals surface area contributed by atoms with Crippen molar-refractivity contribution in [1.82, 2.24) is 9.97 Å². The molecule has 2 nitrogen and oxygen atoms in total. The molecule has 1 heterocycles. The van der Waals surface area contributed by atoms with E-state index in [1.165, 1.54) is 0 Å². The highest BCUT2D eigenvalue weighted by molar-refractivity contribution is 5.00. The Labute approximate surface area is 67.7 Å². The number of nitrogens with zero attached hydrogens (tertiary/aromatic N) is 2. The Morgan fingerprint density at radius 2 is 2.00 bits per heavy atom. The van der Waals surface area contributed by atoms with E-state index in [9.17, 15) is 0 Å². The van der Waals surface area contributed by atoms with Gasteiger partial charge in [0, 0.05) is 12.4 Å². The van der Waals surface area contributed by atoms with Gasteiger partial charge in [0.15, 0.2) is 0 Å². The van der Waals surface area contributed by atoms with Crippen LogP contribution in [0.25, 0.3) is 0 Å². The van der Waals surface area contributed by atoms with Gasteiger partial charge in [0.25, 0.3) is 0 Å². The first-order chi connectivity index (χ1) is 5.18. The zero-order valence-electron chi connectivity index (χ0n) is 7.33. The summed E-state index contributed by atoms with van der Waals surface area (Å²) in [7, 11) is 0. The van der Waals surface area contributed by atoms with Crippen molar-refractivity contribution in [2.45, 2.75) is 27.2 Å². The lowest BCUT2D eigenvalue weighted by atomic mass is 10.1. The van der Waals surface area contributed by atoms with Gasteiger partial charge >= 0.3 is 0 Å². The molecule has 0 unspecified atom stereocenters. The van der Waals surface area contributed by atoms with Crippen LogP contribution in [0.15, 0.2) is 12.4 Å². The molecule has 0 aliphatic carbocycles. The molecule has 0 bridgehead atoms. The third kappa shape index (κ3) is 2.66. The molecule has 0 saturated carbocycles. The molecule has 1 aromatic rings. The fourth-order valence-corrected chi connectivity index (χ4v) is 0.943. The van der Waals surface area contributed by atoms with Crippen LogP contribution in [0.2, 0.25) is 0 Å². The molecule has 0 aromatic carbocycles. The normalized spacial score (nSPS) is 10.5. The first-order valence-electron chi connectivity index (χ1n) is 3.96. The van der Waals surface area contributed by atoms with Crippen LogP contribution < -0.4 is 0 Å². The first kappa shape index (κ1) is 8.18. The van der Waals surface area contributed by atoms with E-state index < -0.39 is 0 Å². The molecule has 0 aliphatic heterocycles. The van der Waals surface area contributed by atoms with Crippen molar-refractivity contribution in [3.63, 3.8) is 0 Å². The number of aryl methyl sites for hydroxylation is 1. The molecule has 1 rings (SSSR count). The van der Waals surface area contributed by atoms with Crippen LogP contribution in [0, 0.1) is 12.8 Å². The summed E-state index contributed by atoms with van der Waals surface area (Å²) in [6, 6.07) is 0. The molecule has 0 N–H and O–H groups in total. The monoisotopic (exact) mass is 150 g/mol. The highest BCUT2D eigenvalue weighted by Crippen LogP contribution is 2.03. The summed E-state index contributed by atoms with van der Waals surface area (Å²) >= 11 is 0. The fraction of sp³-hybridized carbons (Fsp3) is 0.556. The van der Waals surface area contributed by atoms with Gasteiger partial charge < -0.3 is 0 Å². The second kappa shape index (κ2) is 3.46. The van der Waals surface area contributed by atoms with Crippen LogP contribution in [-0.4, -0.2) is 9.97 Å². The maximum absolute atomic E-state index is 4.26. The molecular formula is C9H14N2. The van der Waals surface area contributed by atoms with Gasteiger partial charge in [0.2, 0.25) is 0 Å². The second-order valence-electron chi connectivity index (χ2n) is 3.25. The van der Waals surface area contributed by atoms with Gasteiger partial charge in [-0.2, -0.15) is 0 Å². The summed E-state index contributed by atoms with van der Waals surface area (Å²) in [6.07, 6.45) is 4.69. The molecule has 0 saturated heterocycles. The summed E-state index contributed by atoms with van der Waals surface area (Å²) in [5.74, 6) is 0.659. The Morgan fingerprint density at radius 1 is 1.27 bits per heavy atom. The maximum Gasteiger partial charge on any atom is 0.0589 e. The zero-order chi connectivity index (χ0) is 8.27. The Morgan fingerprint density at radius 3 is 2.45 bits per heavy atom. The van der Waals surface area contributed by atoms with Crippen LogP contribution in [-0.2, 0) is 6.42 Å². The highest BCUT2D eigenvalue weighted by Gasteiger charge is 1.97. The molecular weight excluding hydrogens is 136 g/mol. The van der Waals surface area contributed by atoms with Gasteiger partial charge in [0.1, 0.15) is 0 Å². The lowest BCUT2D eigenvalue weighted by molar-refractivity contribution is 0.632. The summed E-state index contributed by atoms with van der Waals surface area (Å²) < 4.78 is 0. The molecule has 0 radical (unpaired) electrons. The van der Waals surface area contributed by atoms with Crippen molar-refractivity contribution in [2.75, 3.05) is 0 Å². The minimum Gasteiger partial charge on any atom is -0.258 e. The van der Waals surface area contributed by atoms with Crippen LogP contribution in [0.3, 0.4) is 0 Å². The molecule has 60 valence electrons. The van der Waals surface area contributed by atoms with Gasteiger partial charge in [0.05, 0.1) is 11.4 Å². The molecule has 0 aliphatic rings. The Bertz CT molecular complexity index is 214. The molecule has 0 atom stereocenters. The van der Waals surface area contributed by atoms with Crippen LogP contribution in [0.5, 0.6) is 0 Å². The van der Waals surface area contributed by atoms with E-state index in [2.05, 4.69) is 23.8 Å². The van der Waals surface area contributed by atoms with Gasteiger partial charge in [-0.25, -0.2) is 0 Å². The largest absolute Gasteiger partial charge is 0.258 e. The molecule has 0 amide bonds. The average molecular weight is 150 g/mol. The minimum absolute atomic E-state index is 0.659. The van der Waals surface area contributed by atoms with E-state index in [4.69, 9.17) is 0 Å². The fourth-order valence-electron chi connectivity index (χ4n) is 0.943. The smallest absolute Gasteiger partial charge is 0.0589 e. The van der Waals surface area contributed by atoms with Crippen molar-refractivity contribution >= 4 is 0 Å². The standard InChI is InChI=1S/C9H14N2/c1-7(2)4-9-6-10-8(3)5-11-9/h5-7H,4H2,1-3H3. The van der Waals surface area contributed by atoms with Gasteiger partial charge in [-0.3, -0.25) is 9.97 Å². The quantitative estimate of drug-likeness (QED) is 0.644. The van der Waals surface area contributed by atoms with E-state index in [1.54, 1.807) is 0 Å². The molecule has 11 heavy (non-hydrogen) atoms. The van der Waals surface area contributed by atoms with Crippen molar-refractivity contribution in [3.8, 4) is 0 Å². The Kier molecular flexibility index (Phi) is 2.58. The van der Waals surface area contributed by atoms with E-state index in [-0.39, 0.29) is 0 Å². The third-order valence-electron chi connectivity index (χ3n) is 1.45. The number of aromatic nitrogens is 2. The van der Waals surface area contributed by atoms with Crippen molar-refractivity contribution in [1.29, 1.82) is 0 Å². The molecule has 0 spiro atoms. The van der Waals surface area contributed by atoms with Gasteiger partial charge in [-0.1, -0.05) is 13.8 Å². The van der Waals surface area contributed by atoms with E-state index in [1.807, 2.05) is 19.3 Å². The number of hydrogen-bond donors (Lipinski definition) is 0. The second-order valence-corrected chi connectivity index (χ2v) is 3.25. The highest BCUT2D eigenvalue weighted by atomic mass is 14.8. The predicted octanol–water partition coefficient (Wildman–Crippen LogP) is 1.98. The topological polar surface area (TPSA) is 25.8 Å². The van der Waals surface area contributed by atoms with E-state index in [0.29, 0.717) is 5.92 Å². The summed E-state index contributed by atoms with van der Waals surface area (Å²) in [5.41, 5.74) is 2.07. The molecule has 1 aromatic heterocycles. The van der Waals surface area contributed by atoms with Crippen molar-refractivity contribution in [3.05, 3.63) is 23.8 Å². The van der Waals surface area contributed by atoms with Crippen LogP contribution in [0.4, 0.5) is 0 Å². The average Bonchev–Trinajstić information content (AvgIpc) is 1.93. The Balaban J connectivity index is 2.66. The lowest BCUT2D eigenvalue weighted by Gasteiger charge is -2.02. The molecule has 2 heteroatoms. The predicted molar refractivity (Wildman–Crippen MR) is 45.3 cm³/mol. The summed E-state index contributed by atoms with van der Waals surface area (Å²) in [4.78, 5) is 8.43. The number of hydrogen-bond acceptors (Lipinski definition) is 2. The first-order valence-corrected chi connectivity index (χ1v) is 3.96. The Hall–Kier alpha value is -0.920. The van der Waals surface area contributed by atoms with Crippen molar-refractivity contribution in [2.24, 2.45) is 5.92 Å².